The molecule has 7 heteroatoms. The normalized spacial score (nSPS) is 28.9. The van der Waals surface area contributed by atoms with Crippen LogP contribution in [0.1, 0.15) is 25.7 Å². The number of carbonyl (C=O) groups is 2. The Morgan fingerprint density at radius 3 is 2.68 bits per heavy atom. The smallest absolute Gasteiger partial charge is 0.236 e. The Hall–Kier alpha value is -1.18. The fraction of sp³-hybridized carbons (Fsp3) is 0.867. The van der Waals surface area contributed by atoms with Gasteiger partial charge in [-0.1, -0.05) is 0 Å². The maximum absolute atomic E-state index is 12.5. The molecule has 22 heavy (non-hydrogen) atoms. The molecule has 0 saturated carbocycles. The molecule has 2 N–H and O–H groups in total. The second-order valence-electron chi connectivity index (χ2n) is 6.50. The van der Waals surface area contributed by atoms with Crippen LogP contribution in [0.5, 0.6) is 0 Å². The number of hydrogen-bond donors (Lipinski definition) is 1. The van der Waals surface area contributed by atoms with Crippen LogP contribution in [-0.4, -0.2) is 73.3 Å². The van der Waals surface area contributed by atoms with Crippen LogP contribution in [-0.2, 0) is 19.1 Å². The molecule has 3 saturated heterocycles. The molecule has 0 radical (unpaired) electrons. The van der Waals surface area contributed by atoms with Crippen LogP contribution in [0.4, 0.5) is 0 Å². The highest BCUT2D eigenvalue weighted by Gasteiger charge is 2.41. The van der Waals surface area contributed by atoms with Crippen molar-refractivity contribution in [3.63, 3.8) is 0 Å². The molecule has 1 atom stereocenters. The van der Waals surface area contributed by atoms with E-state index in [2.05, 4.69) is 4.90 Å². The lowest BCUT2D eigenvalue weighted by molar-refractivity contribution is -0.190. The van der Waals surface area contributed by atoms with E-state index in [0.29, 0.717) is 39.4 Å². The molecule has 7 nitrogen and oxygen atoms in total. The Morgan fingerprint density at radius 1 is 1.18 bits per heavy atom. The van der Waals surface area contributed by atoms with Crippen molar-refractivity contribution in [2.24, 2.45) is 11.7 Å². The molecule has 2 amide bonds. The van der Waals surface area contributed by atoms with Crippen LogP contribution in [0.3, 0.4) is 0 Å². The van der Waals surface area contributed by atoms with E-state index in [1.165, 1.54) is 0 Å². The summed E-state index contributed by atoms with van der Waals surface area (Å²) in [6.07, 6.45) is 3.49. The van der Waals surface area contributed by atoms with E-state index < -0.39 is 5.79 Å². The second kappa shape index (κ2) is 6.52. The van der Waals surface area contributed by atoms with Crippen molar-refractivity contribution in [1.29, 1.82) is 0 Å². The van der Waals surface area contributed by atoms with Crippen molar-refractivity contribution >= 4 is 11.8 Å². The number of rotatable bonds is 3. The van der Waals surface area contributed by atoms with Crippen LogP contribution in [0.2, 0.25) is 0 Å². The van der Waals surface area contributed by atoms with Gasteiger partial charge in [-0.15, -0.1) is 0 Å². The van der Waals surface area contributed by atoms with Gasteiger partial charge < -0.3 is 20.1 Å². The highest BCUT2D eigenvalue weighted by atomic mass is 16.7. The molecule has 124 valence electrons. The fourth-order valence-corrected chi connectivity index (χ4v) is 3.67. The van der Waals surface area contributed by atoms with Gasteiger partial charge in [0.1, 0.15) is 0 Å². The SMILES string of the molecule is NC(=O)[C@H]1CCCN(C(=O)CN2CCCC3(C2)OCCO3)C1. The van der Waals surface area contributed by atoms with Crippen LogP contribution >= 0.6 is 0 Å². The molecule has 0 aromatic heterocycles. The maximum Gasteiger partial charge on any atom is 0.236 e. The monoisotopic (exact) mass is 311 g/mol. The van der Waals surface area contributed by atoms with Crippen molar-refractivity contribution < 1.29 is 19.1 Å². The average molecular weight is 311 g/mol. The molecule has 0 aromatic rings. The van der Waals surface area contributed by atoms with Crippen molar-refractivity contribution in [2.75, 3.05) is 45.9 Å². The number of carbonyl (C=O) groups excluding carboxylic acids is 2. The molecule has 0 aromatic carbocycles. The van der Waals surface area contributed by atoms with Crippen LogP contribution in [0.25, 0.3) is 0 Å². The molecule has 0 unspecified atom stereocenters. The summed E-state index contributed by atoms with van der Waals surface area (Å²) in [4.78, 5) is 27.7. The number of primary amides is 1. The van der Waals surface area contributed by atoms with Gasteiger partial charge in [-0.05, 0) is 25.8 Å². The first kappa shape index (κ1) is 15.7. The zero-order valence-corrected chi connectivity index (χ0v) is 13.0. The van der Waals surface area contributed by atoms with Crippen molar-refractivity contribution in [3.05, 3.63) is 0 Å². The van der Waals surface area contributed by atoms with Gasteiger partial charge in [0.25, 0.3) is 0 Å². The summed E-state index contributed by atoms with van der Waals surface area (Å²) < 4.78 is 11.5. The Bertz CT molecular complexity index is 437. The lowest BCUT2D eigenvalue weighted by Gasteiger charge is -2.39. The molecule has 0 bridgehead atoms. The number of amides is 2. The minimum atomic E-state index is -0.504. The fourth-order valence-electron chi connectivity index (χ4n) is 3.67. The standard InChI is InChI=1S/C15H25N3O4/c16-14(20)12-3-1-6-18(9-12)13(19)10-17-5-2-4-15(11-17)21-7-8-22-15/h12H,1-11H2,(H2,16,20)/t12-/m0/s1. The number of nitrogens with zero attached hydrogens (tertiary/aromatic N) is 2. The van der Waals surface area contributed by atoms with Crippen LogP contribution in [0.15, 0.2) is 0 Å². The molecule has 3 fully saturated rings. The summed E-state index contributed by atoms with van der Waals surface area (Å²) in [5, 5.41) is 0. The number of ether oxygens (including phenoxy) is 2. The van der Waals surface area contributed by atoms with Gasteiger partial charge in [0.05, 0.1) is 32.2 Å². The van der Waals surface area contributed by atoms with Gasteiger partial charge in [-0.3, -0.25) is 14.5 Å². The van der Waals surface area contributed by atoms with Crippen LogP contribution in [0, 0.1) is 5.92 Å². The zero-order chi connectivity index (χ0) is 15.6. The Morgan fingerprint density at radius 2 is 1.95 bits per heavy atom. The predicted octanol–water partition coefficient (Wildman–Crippen LogP) is -0.451. The lowest BCUT2D eigenvalue weighted by atomic mass is 9.97. The van der Waals surface area contributed by atoms with Crippen LogP contribution < -0.4 is 5.73 Å². The molecule has 1 spiro atoms. The first-order valence-corrected chi connectivity index (χ1v) is 8.15. The molecule has 0 aliphatic carbocycles. The highest BCUT2D eigenvalue weighted by Crippen LogP contribution is 2.30. The van der Waals surface area contributed by atoms with Crippen molar-refractivity contribution in [2.45, 2.75) is 31.5 Å². The summed E-state index contributed by atoms with van der Waals surface area (Å²) in [6.45, 7) is 4.33. The largest absolute Gasteiger partial charge is 0.369 e. The van der Waals surface area contributed by atoms with Gasteiger partial charge in [0, 0.05) is 19.5 Å². The molecular weight excluding hydrogens is 286 g/mol. The van der Waals surface area contributed by atoms with Gasteiger partial charge >= 0.3 is 0 Å². The number of piperidine rings is 2. The van der Waals surface area contributed by atoms with E-state index in [0.717, 1.165) is 32.2 Å². The van der Waals surface area contributed by atoms with Gasteiger partial charge in [-0.25, -0.2) is 0 Å². The first-order chi connectivity index (χ1) is 10.6. The summed E-state index contributed by atoms with van der Waals surface area (Å²) in [6, 6.07) is 0. The highest BCUT2D eigenvalue weighted by molar-refractivity contribution is 5.81. The summed E-state index contributed by atoms with van der Waals surface area (Å²) in [7, 11) is 0. The molecular formula is C15H25N3O4. The quantitative estimate of drug-likeness (QED) is 0.763. The van der Waals surface area contributed by atoms with E-state index in [1.807, 2.05) is 0 Å². The van der Waals surface area contributed by atoms with E-state index in [9.17, 15) is 9.59 Å². The summed E-state index contributed by atoms with van der Waals surface area (Å²) >= 11 is 0. The second-order valence-corrected chi connectivity index (χ2v) is 6.50. The Kier molecular flexibility index (Phi) is 4.65. The lowest BCUT2D eigenvalue weighted by Crippen LogP contribution is -2.53. The van der Waals surface area contributed by atoms with Gasteiger partial charge in [0.2, 0.25) is 11.8 Å². The first-order valence-electron chi connectivity index (χ1n) is 8.15. The third-order valence-corrected chi connectivity index (χ3v) is 4.85. The topological polar surface area (TPSA) is 85.1 Å². The molecule has 3 aliphatic rings. The third-order valence-electron chi connectivity index (χ3n) is 4.85. The Labute approximate surface area is 130 Å². The zero-order valence-electron chi connectivity index (χ0n) is 13.0. The summed E-state index contributed by atoms with van der Waals surface area (Å²) in [5.74, 6) is -0.939. The number of likely N-dealkylation sites (tertiary alicyclic amines) is 2. The number of hydrogen-bond acceptors (Lipinski definition) is 5. The maximum atomic E-state index is 12.5. The summed E-state index contributed by atoms with van der Waals surface area (Å²) in [5.41, 5.74) is 5.37. The van der Waals surface area contributed by atoms with Crippen molar-refractivity contribution in [1.82, 2.24) is 9.80 Å². The minimum Gasteiger partial charge on any atom is -0.369 e. The third kappa shape index (κ3) is 3.42. The minimum absolute atomic E-state index is 0.0704. The number of nitrogens with two attached hydrogens (primary N) is 1. The van der Waals surface area contributed by atoms with E-state index >= 15 is 0 Å². The molecule has 3 heterocycles. The van der Waals surface area contributed by atoms with Gasteiger partial charge in [0.15, 0.2) is 5.79 Å². The Balaban J connectivity index is 1.53. The molecule has 3 aliphatic heterocycles. The van der Waals surface area contributed by atoms with Gasteiger partial charge in [-0.2, -0.15) is 0 Å². The van der Waals surface area contributed by atoms with E-state index in [-0.39, 0.29) is 17.7 Å². The van der Waals surface area contributed by atoms with E-state index in [1.54, 1.807) is 4.90 Å². The average Bonchev–Trinajstić information content (AvgIpc) is 2.95. The van der Waals surface area contributed by atoms with E-state index in [4.69, 9.17) is 15.2 Å². The predicted molar refractivity (Wildman–Crippen MR) is 78.8 cm³/mol. The molecule has 3 rings (SSSR count). The van der Waals surface area contributed by atoms with Crippen molar-refractivity contribution in [3.8, 4) is 0 Å².